The van der Waals surface area contributed by atoms with Gasteiger partial charge in [-0.2, -0.15) is 0 Å². The van der Waals surface area contributed by atoms with Gasteiger partial charge < -0.3 is 0 Å². The number of hydrogen-bond acceptors (Lipinski definition) is 4. The molecule has 0 saturated carbocycles. The van der Waals surface area contributed by atoms with Crippen molar-refractivity contribution in [2.45, 2.75) is 26.5 Å². The number of rotatable bonds is 3. The molecule has 6 heteroatoms. The molecule has 0 spiro atoms. The van der Waals surface area contributed by atoms with Crippen LogP contribution in [0.4, 0.5) is 0 Å². The molecule has 27 heavy (non-hydrogen) atoms. The standard InChI is InChI=1S/C21H12Cl2O2S2/c1-11(24)13-7-17-19(9-15(13)22)27-18-8-14(16(23)10-20(18)26-17)21(25)12-5-3-2-4-6-12/h2-10H,1H3. The summed E-state index contributed by atoms with van der Waals surface area (Å²) in [6, 6.07) is 16.4. The molecule has 2 nitrogen and oxygen atoms in total. The summed E-state index contributed by atoms with van der Waals surface area (Å²) in [5.41, 5.74) is 1.58. The van der Waals surface area contributed by atoms with E-state index in [9.17, 15) is 9.59 Å². The van der Waals surface area contributed by atoms with Crippen LogP contribution in [-0.2, 0) is 0 Å². The Hall–Kier alpha value is -1.72. The predicted molar refractivity (Wildman–Crippen MR) is 111 cm³/mol. The Balaban J connectivity index is 1.75. The number of benzene rings is 3. The molecule has 0 aliphatic carbocycles. The lowest BCUT2D eigenvalue weighted by molar-refractivity contribution is 0.101. The number of carbonyl (C=O) groups is 2. The third-order valence-electron chi connectivity index (χ3n) is 4.17. The second kappa shape index (κ2) is 7.36. The molecule has 1 heterocycles. The average molecular weight is 431 g/mol. The Labute approximate surface area is 175 Å². The Morgan fingerprint density at radius 1 is 0.741 bits per heavy atom. The Morgan fingerprint density at radius 2 is 1.22 bits per heavy atom. The molecule has 0 aromatic heterocycles. The highest BCUT2D eigenvalue weighted by atomic mass is 35.5. The van der Waals surface area contributed by atoms with Crippen LogP contribution in [0, 0.1) is 0 Å². The molecule has 0 amide bonds. The molecule has 134 valence electrons. The van der Waals surface area contributed by atoms with Gasteiger partial charge in [-0.05, 0) is 31.2 Å². The first-order chi connectivity index (χ1) is 12.9. The van der Waals surface area contributed by atoms with Gasteiger partial charge in [0, 0.05) is 36.3 Å². The fourth-order valence-electron chi connectivity index (χ4n) is 2.82. The third kappa shape index (κ3) is 3.55. The summed E-state index contributed by atoms with van der Waals surface area (Å²) in [5, 5.41) is 0.854. The third-order valence-corrected chi connectivity index (χ3v) is 7.28. The minimum atomic E-state index is -0.107. The van der Waals surface area contributed by atoms with Gasteiger partial charge in [0.05, 0.1) is 10.0 Å². The topological polar surface area (TPSA) is 34.1 Å². The van der Waals surface area contributed by atoms with Gasteiger partial charge in [0.1, 0.15) is 0 Å². The summed E-state index contributed by atoms with van der Waals surface area (Å²) >= 11 is 15.7. The van der Waals surface area contributed by atoms with E-state index in [-0.39, 0.29) is 11.6 Å². The van der Waals surface area contributed by atoms with E-state index in [0.717, 1.165) is 19.6 Å². The second-order valence-electron chi connectivity index (χ2n) is 6.01. The van der Waals surface area contributed by atoms with Crippen molar-refractivity contribution in [2.24, 2.45) is 0 Å². The van der Waals surface area contributed by atoms with Crippen molar-refractivity contribution in [3.63, 3.8) is 0 Å². The molecular formula is C21H12Cl2O2S2. The van der Waals surface area contributed by atoms with Crippen LogP contribution in [0.15, 0.2) is 74.2 Å². The minimum Gasteiger partial charge on any atom is -0.294 e. The molecule has 3 aromatic carbocycles. The lowest BCUT2D eigenvalue weighted by Crippen LogP contribution is -2.04. The maximum Gasteiger partial charge on any atom is 0.194 e. The lowest BCUT2D eigenvalue weighted by Gasteiger charge is -2.20. The van der Waals surface area contributed by atoms with Gasteiger partial charge in [-0.25, -0.2) is 0 Å². The SMILES string of the molecule is CC(=O)c1cc2c(cc1Cl)Sc1cc(C(=O)c3ccccc3)c(Cl)cc1S2. The van der Waals surface area contributed by atoms with Crippen molar-refractivity contribution < 1.29 is 9.59 Å². The van der Waals surface area contributed by atoms with Gasteiger partial charge in [-0.3, -0.25) is 9.59 Å². The van der Waals surface area contributed by atoms with Gasteiger partial charge in [-0.15, -0.1) is 0 Å². The number of halogens is 2. The summed E-state index contributed by atoms with van der Waals surface area (Å²) < 4.78 is 0. The van der Waals surface area contributed by atoms with Crippen molar-refractivity contribution in [3.05, 3.63) is 81.3 Å². The first-order valence-electron chi connectivity index (χ1n) is 8.07. The lowest BCUT2D eigenvalue weighted by atomic mass is 10.0. The van der Waals surface area contributed by atoms with Crippen LogP contribution in [0.3, 0.4) is 0 Å². The number of Topliss-reactive ketones (excluding diaryl/α,β-unsaturated/α-hetero) is 1. The molecule has 0 radical (unpaired) electrons. The van der Waals surface area contributed by atoms with E-state index in [2.05, 4.69) is 0 Å². The molecular weight excluding hydrogens is 419 g/mol. The maximum absolute atomic E-state index is 12.8. The summed E-state index contributed by atoms with van der Waals surface area (Å²) in [5.74, 6) is -0.175. The summed E-state index contributed by atoms with van der Waals surface area (Å²) in [7, 11) is 0. The van der Waals surface area contributed by atoms with E-state index in [0.29, 0.717) is 26.7 Å². The first kappa shape index (κ1) is 18.6. The zero-order valence-corrected chi connectivity index (χ0v) is 17.2. The summed E-state index contributed by atoms with van der Waals surface area (Å²) in [6.07, 6.45) is 0. The van der Waals surface area contributed by atoms with Crippen molar-refractivity contribution >= 4 is 58.3 Å². The van der Waals surface area contributed by atoms with E-state index < -0.39 is 0 Å². The van der Waals surface area contributed by atoms with E-state index in [1.54, 1.807) is 12.1 Å². The summed E-state index contributed by atoms with van der Waals surface area (Å²) in [4.78, 5) is 28.4. The van der Waals surface area contributed by atoms with E-state index in [1.165, 1.54) is 30.4 Å². The largest absolute Gasteiger partial charge is 0.294 e. The van der Waals surface area contributed by atoms with E-state index in [1.807, 2.05) is 42.5 Å². The van der Waals surface area contributed by atoms with Crippen molar-refractivity contribution in [1.82, 2.24) is 0 Å². The van der Waals surface area contributed by atoms with Crippen LogP contribution in [0.2, 0.25) is 10.0 Å². The smallest absolute Gasteiger partial charge is 0.194 e. The predicted octanol–water partition coefficient (Wildman–Crippen LogP) is 7.04. The monoisotopic (exact) mass is 430 g/mol. The van der Waals surface area contributed by atoms with Gasteiger partial charge >= 0.3 is 0 Å². The molecule has 1 aliphatic rings. The van der Waals surface area contributed by atoms with Gasteiger partial charge in [-0.1, -0.05) is 77.1 Å². The van der Waals surface area contributed by atoms with Crippen LogP contribution in [0.1, 0.15) is 33.2 Å². The van der Waals surface area contributed by atoms with Gasteiger partial charge in [0.15, 0.2) is 11.6 Å². The molecule has 0 fully saturated rings. The van der Waals surface area contributed by atoms with Crippen LogP contribution >= 0.6 is 46.7 Å². The van der Waals surface area contributed by atoms with Crippen LogP contribution in [-0.4, -0.2) is 11.6 Å². The van der Waals surface area contributed by atoms with Gasteiger partial charge in [0.2, 0.25) is 0 Å². The van der Waals surface area contributed by atoms with Crippen molar-refractivity contribution in [1.29, 1.82) is 0 Å². The highest BCUT2D eigenvalue weighted by molar-refractivity contribution is 8.05. The highest BCUT2D eigenvalue weighted by Gasteiger charge is 2.23. The highest BCUT2D eigenvalue weighted by Crippen LogP contribution is 2.51. The van der Waals surface area contributed by atoms with Crippen molar-refractivity contribution in [2.75, 3.05) is 0 Å². The number of fused-ring (bicyclic) bond motifs is 2. The van der Waals surface area contributed by atoms with Crippen molar-refractivity contribution in [3.8, 4) is 0 Å². The van der Waals surface area contributed by atoms with Crippen LogP contribution < -0.4 is 0 Å². The Kier molecular flexibility index (Phi) is 5.08. The van der Waals surface area contributed by atoms with Crippen LogP contribution in [0.5, 0.6) is 0 Å². The zero-order valence-electron chi connectivity index (χ0n) is 14.1. The molecule has 0 N–H and O–H groups in total. The number of ketones is 2. The number of carbonyl (C=O) groups excluding carboxylic acids is 2. The fraction of sp³-hybridized carbons (Fsp3) is 0.0476. The zero-order chi connectivity index (χ0) is 19.1. The van der Waals surface area contributed by atoms with E-state index >= 15 is 0 Å². The summed E-state index contributed by atoms with van der Waals surface area (Å²) in [6.45, 7) is 1.50. The first-order valence-corrected chi connectivity index (χ1v) is 10.5. The molecule has 0 atom stereocenters. The Morgan fingerprint density at radius 3 is 1.78 bits per heavy atom. The fourth-order valence-corrected chi connectivity index (χ4v) is 5.81. The average Bonchev–Trinajstić information content (AvgIpc) is 2.65. The second-order valence-corrected chi connectivity index (χ2v) is 8.99. The number of hydrogen-bond donors (Lipinski definition) is 0. The minimum absolute atomic E-state index is 0.0685. The quantitative estimate of drug-likeness (QED) is 0.326. The molecule has 4 rings (SSSR count). The molecule has 1 aliphatic heterocycles. The molecule has 0 unspecified atom stereocenters. The van der Waals surface area contributed by atoms with Gasteiger partial charge in [0.25, 0.3) is 0 Å². The van der Waals surface area contributed by atoms with Crippen LogP contribution in [0.25, 0.3) is 0 Å². The molecule has 3 aromatic rings. The molecule has 0 saturated heterocycles. The maximum atomic E-state index is 12.8. The molecule has 0 bridgehead atoms. The normalized spacial score (nSPS) is 12.3. The van der Waals surface area contributed by atoms with E-state index in [4.69, 9.17) is 23.2 Å². The Bertz CT molecular complexity index is 1100.